The lowest BCUT2D eigenvalue weighted by Crippen LogP contribution is -2.49. The van der Waals surface area contributed by atoms with Gasteiger partial charge in [-0.25, -0.2) is 4.79 Å². The van der Waals surface area contributed by atoms with Crippen LogP contribution in [0, 0.1) is 5.92 Å². The number of carbonyl (C=O) groups excluding carboxylic acids is 1. The summed E-state index contributed by atoms with van der Waals surface area (Å²) in [5.41, 5.74) is 5.98. The van der Waals surface area contributed by atoms with Crippen molar-refractivity contribution in [2.45, 2.75) is 25.8 Å². The molecule has 2 unspecified atom stereocenters. The van der Waals surface area contributed by atoms with Crippen LogP contribution in [0.2, 0.25) is 0 Å². The van der Waals surface area contributed by atoms with Crippen molar-refractivity contribution in [1.29, 1.82) is 0 Å². The second kappa shape index (κ2) is 5.35. The molecule has 0 radical (unpaired) electrons. The van der Waals surface area contributed by atoms with Gasteiger partial charge in [0.15, 0.2) is 0 Å². The predicted molar refractivity (Wildman–Crippen MR) is 67.3 cm³/mol. The summed E-state index contributed by atoms with van der Waals surface area (Å²) < 4.78 is 4.72. The number of hydrogen-bond acceptors (Lipinski definition) is 4. The summed E-state index contributed by atoms with van der Waals surface area (Å²) >= 11 is 0. The average molecular weight is 250 g/mol. The Morgan fingerprint density at radius 1 is 1.56 bits per heavy atom. The zero-order valence-corrected chi connectivity index (χ0v) is 10.5. The third-order valence-electron chi connectivity index (χ3n) is 3.55. The molecule has 18 heavy (non-hydrogen) atoms. The van der Waals surface area contributed by atoms with Gasteiger partial charge < -0.3 is 15.1 Å². The van der Waals surface area contributed by atoms with E-state index in [0.29, 0.717) is 24.6 Å². The van der Waals surface area contributed by atoms with Crippen molar-refractivity contribution in [2.75, 3.05) is 13.1 Å². The highest BCUT2D eigenvalue weighted by molar-refractivity contribution is 5.93. The Morgan fingerprint density at radius 2 is 2.33 bits per heavy atom. The van der Waals surface area contributed by atoms with Crippen LogP contribution in [0.4, 0.5) is 0 Å². The zero-order valence-electron chi connectivity index (χ0n) is 10.5. The minimum atomic E-state index is -0.446. The average Bonchev–Trinajstić information content (AvgIpc) is 2.39. The molecule has 1 fully saturated rings. The summed E-state index contributed by atoms with van der Waals surface area (Å²) in [6, 6.07) is 2.94. The van der Waals surface area contributed by atoms with E-state index in [4.69, 9.17) is 10.2 Å². The van der Waals surface area contributed by atoms with Gasteiger partial charge in [0.1, 0.15) is 6.26 Å². The minimum Gasteiger partial charge on any atom is -0.430 e. The second-order valence-corrected chi connectivity index (χ2v) is 4.72. The van der Waals surface area contributed by atoms with E-state index in [9.17, 15) is 9.59 Å². The Hall–Kier alpha value is -1.62. The number of amides is 1. The molecule has 2 atom stereocenters. The topological polar surface area (TPSA) is 76.5 Å². The molecule has 1 saturated heterocycles. The van der Waals surface area contributed by atoms with E-state index in [-0.39, 0.29) is 11.9 Å². The first-order valence-electron chi connectivity index (χ1n) is 6.25. The van der Waals surface area contributed by atoms with Gasteiger partial charge >= 0.3 is 5.63 Å². The lowest BCUT2D eigenvalue weighted by molar-refractivity contribution is 0.0646. The minimum absolute atomic E-state index is 0.0934. The van der Waals surface area contributed by atoms with E-state index in [2.05, 4.69) is 6.92 Å². The molecule has 2 N–H and O–H groups in total. The van der Waals surface area contributed by atoms with Crippen molar-refractivity contribution in [1.82, 2.24) is 4.90 Å². The van der Waals surface area contributed by atoms with Crippen molar-refractivity contribution in [3.05, 3.63) is 34.4 Å². The molecule has 2 rings (SSSR count). The van der Waals surface area contributed by atoms with Gasteiger partial charge in [0.25, 0.3) is 5.91 Å². The van der Waals surface area contributed by atoms with Gasteiger partial charge in [-0.1, -0.05) is 13.3 Å². The van der Waals surface area contributed by atoms with Crippen LogP contribution >= 0.6 is 0 Å². The van der Waals surface area contributed by atoms with Crippen LogP contribution < -0.4 is 11.4 Å². The molecule has 1 aliphatic rings. The number of nitrogens with zero attached hydrogens (tertiary/aromatic N) is 1. The molecular formula is C13H18N2O3. The lowest BCUT2D eigenvalue weighted by Gasteiger charge is -2.36. The standard InChI is InChI=1S/C13H18N2O3/c1-2-9-7-15(6-5-11(9)14)13(17)10-3-4-12(16)18-8-10/h3-4,8-9,11H,2,5-7,14H2,1H3. The predicted octanol–water partition coefficient (Wildman–Crippen LogP) is 0.839. The highest BCUT2D eigenvalue weighted by atomic mass is 16.4. The molecule has 5 heteroatoms. The molecule has 0 aliphatic carbocycles. The molecule has 0 bridgehead atoms. The summed E-state index contributed by atoms with van der Waals surface area (Å²) in [4.78, 5) is 24.8. The number of hydrogen-bond donors (Lipinski definition) is 1. The van der Waals surface area contributed by atoms with Gasteiger partial charge in [0, 0.05) is 25.2 Å². The Morgan fingerprint density at radius 3 is 2.94 bits per heavy atom. The van der Waals surface area contributed by atoms with E-state index in [1.165, 1.54) is 18.4 Å². The number of piperidine rings is 1. The van der Waals surface area contributed by atoms with Crippen molar-refractivity contribution in [2.24, 2.45) is 11.7 Å². The summed E-state index contributed by atoms with van der Waals surface area (Å²) in [6.45, 7) is 3.42. The summed E-state index contributed by atoms with van der Waals surface area (Å²) in [5, 5.41) is 0. The maximum absolute atomic E-state index is 12.2. The van der Waals surface area contributed by atoms with Gasteiger partial charge in [-0.15, -0.1) is 0 Å². The number of nitrogens with two attached hydrogens (primary N) is 1. The number of likely N-dealkylation sites (tertiary alicyclic amines) is 1. The molecular weight excluding hydrogens is 232 g/mol. The maximum atomic E-state index is 12.2. The fraction of sp³-hybridized carbons (Fsp3) is 0.538. The molecule has 1 aromatic heterocycles. The van der Waals surface area contributed by atoms with E-state index in [1.54, 1.807) is 4.90 Å². The highest BCUT2D eigenvalue weighted by Crippen LogP contribution is 2.20. The van der Waals surface area contributed by atoms with Crippen LogP contribution in [0.5, 0.6) is 0 Å². The van der Waals surface area contributed by atoms with Crippen LogP contribution in [-0.4, -0.2) is 29.9 Å². The summed E-state index contributed by atoms with van der Waals surface area (Å²) in [6.07, 6.45) is 3.01. The van der Waals surface area contributed by atoms with Gasteiger partial charge in [0.2, 0.25) is 0 Å². The van der Waals surface area contributed by atoms with Crippen molar-refractivity contribution >= 4 is 5.91 Å². The number of rotatable bonds is 2. The maximum Gasteiger partial charge on any atom is 0.335 e. The zero-order chi connectivity index (χ0) is 13.1. The molecule has 1 amide bonds. The fourth-order valence-corrected chi connectivity index (χ4v) is 2.33. The molecule has 98 valence electrons. The van der Waals surface area contributed by atoms with E-state index < -0.39 is 5.63 Å². The van der Waals surface area contributed by atoms with Gasteiger partial charge in [-0.2, -0.15) is 0 Å². The van der Waals surface area contributed by atoms with Crippen LogP contribution in [0.15, 0.2) is 27.6 Å². The highest BCUT2D eigenvalue weighted by Gasteiger charge is 2.28. The lowest BCUT2D eigenvalue weighted by atomic mass is 9.90. The first-order chi connectivity index (χ1) is 8.61. The normalized spacial score (nSPS) is 24.0. The first kappa shape index (κ1) is 12.8. The SMILES string of the molecule is CCC1CN(C(=O)c2ccc(=O)oc2)CCC1N. The van der Waals surface area contributed by atoms with Crippen molar-refractivity contribution < 1.29 is 9.21 Å². The van der Waals surface area contributed by atoms with Gasteiger partial charge in [-0.3, -0.25) is 4.79 Å². The van der Waals surface area contributed by atoms with E-state index in [0.717, 1.165) is 12.8 Å². The van der Waals surface area contributed by atoms with Crippen LogP contribution in [0.25, 0.3) is 0 Å². The van der Waals surface area contributed by atoms with Gasteiger partial charge in [0.05, 0.1) is 5.56 Å². The van der Waals surface area contributed by atoms with Crippen LogP contribution in [0.1, 0.15) is 30.1 Å². The van der Waals surface area contributed by atoms with E-state index >= 15 is 0 Å². The van der Waals surface area contributed by atoms with Crippen LogP contribution in [-0.2, 0) is 0 Å². The Bertz CT molecular complexity index is 463. The quantitative estimate of drug-likeness (QED) is 0.843. The second-order valence-electron chi connectivity index (χ2n) is 4.72. The Labute approximate surface area is 106 Å². The summed E-state index contributed by atoms with van der Waals surface area (Å²) in [5.74, 6) is 0.252. The summed E-state index contributed by atoms with van der Waals surface area (Å²) in [7, 11) is 0. The van der Waals surface area contributed by atoms with Crippen molar-refractivity contribution in [3.8, 4) is 0 Å². The van der Waals surface area contributed by atoms with Gasteiger partial charge in [-0.05, 0) is 18.4 Å². The van der Waals surface area contributed by atoms with E-state index in [1.807, 2.05) is 0 Å². The largest absolute Gasteiger partial charge is 0.430 e. The molecule has 0 saturated carbocycles. The smallest absolute Gasteiger partial charge is 0.335 e. The first-order valence-corrected chi connectivity index (χ1v) is 6.25. The van der Waals surface area contributed by atoms with Crippen LogP contribution in [0.3, 0.4) is 0 Å². The molecule has 1 aliphatic heterocycles. The third-order valence-corrected chi connectivity index (χ3v) is 3.55. The molecule has 0 spiro atoms. The Balaban J connectivity index is 2.10. The fourth-order valence-electron chi connectivity index (χ4n) is 2.33. The molecule has 5 nitrogen and oxygen atoms in total. The number of carbonyl (C=O) groups is 1. The molecule has 1 aromatic rings. The third kappa shape index (κ3) is 2.61. The molecule has 0 aromatic carbocycles. The van der Waals surface area contributed by atoms with Crippen molar-refractivity contribution in [3.63, 3.8) is 0 Å². The Kier molecular flexibility index (Phi) is 3.81. The molecule has 2 heterocycles. The monoisotopic (exact) mass is 250 g/mol.